The fourth-order valence-electron chi connectivity index (χ4n) is 2.58. The molecule has 0 aromatic rings. The Hall–Kier alpha value is -0.990. The van der Waals surface area contributed by atoms with Gasteiger partial charge in [0.25, 0.3) is 0 Å². The van der Waals surface area contributed by atoms with Crippen LogP contribution in [0.3, 0.4) is 0 Å². The van der Waals surface area contributed by atoms with Crippen molar-refractivity contribution in [2.45, 2.75) is 57.3 Å². The van der Waals surface area contributed by atoms with Crippen LogP contribution < -0.4 is 0 Å². The van der Waals surface area contributed by atoms with Crippen molar-refractivity contribution in [1.29, 1.82) is 0 Å². The molecule has 7 heteroatoms. The highest BCUT2D eigenvalue weighted by Crippen LogP contribution is 2.40. The monoisotopic (exact) mass is 302 g/mol. The normalized spacial score (nSPS) is 35.3. The zero-order valence-electron chi connectivity index (χ0n) is 12.7. The summed E-state index contributed by atoms with van der Waals surface area (Å²) in [7, 11) is 1.48. The summed E-state index contributed by atoms with van der Waals surface area (Å²) in [6.07, 6.45) is -3.76. The quantitative estimate of drug-likeness (QED) is 0.580. The molecule has 2 heterocycles. The van der Waals surface area contributed by atoms with Crippen molar-refractivity contribution in [2.24, 2.45) is 0 Å². The summed E-state index contributed by atoms with van der Waals surface area (Å²) < 4.78 is 27.1. The van der Waals surface area contributed by atoms with E-state index in [1.54, 1.807) is 20.8 Å². The van der Waals surface area contributed by atoms with Crippen LogP contribution in [0, 0.1) is 0 Å². The number of fused-ring (bicyclic) bond motifs is 1. The molecule has 0 spiro atoms. The zero-order valence-corrected chi connectivity index (χ0v) is 12.7. The third-order valence-electron chi connectivity index (χ3n) is 3.49. The van der Waals surface area contributed by atoms with E-state index in [1.807, 2.05) is 0 Å². The number of hydrogen-bond acceptors (Lipinski definition) is 7. The molecule has 7 nitrogen and oxygen atoms in total. The van der Waals surface area contributed by atoms with Gasteiger partial charge in [-0.2, -0.15) is 0 Å². The number of aliphatic hydroxyl groups excluding tert-OH is 1. The van der Waals surface area contributed by atoms with Crippen LogP contribution in [0.4, 0.5) is 0 Å². The summed E-state index contributed by atoms with van der Waals surface area (Å²) in [5, 5.41) is 10.3. The predicted molar refractivity (Wildman–Crippen MR) is 71.3 cm³/mol. The van der Waals surface area contributed by atoms with E-state index >= 15 is 0 Å². The van der Waals surface area contributed by atoms with Gasteiger partial charge in [-0.1, -0.05) is 6.58 Å². The van der Waals surface area contributed by atoms with Crippen LogP contribution in [0.1, 0.15) is 20.8 Å². The summed E-state index contributed by atoms with van der Waals surface area (Å²) in [5.74, 6) is -1.47. The second kappa shape index (κ2) is 6.02. The Morgan fingerprint density at radius 1 is 1.38 bits per heavy atom. The number of aliphatic hydroxyl groups is 1. The number of hydrogen-bond donors (Lipinski definition) is 1. The molecule has 0 unspecified atom stereocenters. The lowest BCUT2D eigenvalue weighted by Crippen LogP contribution is -2.41. The topological polar surface area (TPSA) is 83.5 Å². The molecule has 0 aromatic heterocycles. The third-order valence-corrected chi connectivity index (χ3v) is 3.49. The Kier molecular flexibility index (Phi) is 4.69. The van der Waals surface area contributed by atoms with Crippen molar-refractivity contribution in [3.63, 3.8) is 0 Å². The van der Waals surface area contributed by atoms with Crippen molar-refractivity contribution >= 4 is 5.97 Å². The van der Waals surface area contributed by atoms with Crippen molar-refractivity contribution in [2.75, 3.05) is 13.7 Å². The van der Waals surface area contributed by atoms with Gasteiger partial charge in [-0.3, -0.25) is 0 Å². The molecule has 2 fully saturated rings. The molecule has 2 rings (SSSR count). The number of methoxy groups -OCH3 is 1. The fraction of sp³-hybridized carbons (Fsp3) is 0.786. The molecular weight excluding hydrogens is 280 g/mol. The van der Waals surface area contributed by atoms with Crippen LogP contribution in [0.15, 0.2) is 12.2 Å². The first kappa shape index (κ1) is 16.4. The highest BCUT2D eigenvalue weighted by molar-refractivity contribution is 5.88. The molecule has 120 valence electrons. The van der Waals surface area contributed by atoms with Gasteiger partial charge in [-0.05, 0) is 20.8 Å². The summed E-state index contributed by atoms with van der Waals surface area (Å²) in [6, 6.07) is 0. The molecule has 0 aliphatic carbocycles. The van der Waals surface area contributed by atoms with Gasteiger partial charge in [0, 0.05) is 7.11 Å². The van der Waals surface area contributed by atoms with Crippen LogP contribution >= 0.6 is 0 Å². The van der Waals surface area contributed by atoms with Gasteiger partial charge in [0.15, 0.2) is 12.1 Å². The van der Waals surface area contributed by atoms with E-state index in [1.165, 1.54) is 7.11 Å². The lowest BCUT2D eigenvalue weighted by atomic mass is 10.0. The van der Waals surface area contributed by atoms with Gasteiger partial charge < -0.3 is 28.8 Å². The molecule has 2 aliphatic heterocycles. The first-order valence-corrected chi connectivity index (χ1v) is 6.88. The third kappa shape index (κ3) is 3.12. The van der Waals surface area contributed by atoms with E-state index in [0.717, 1.165) is 0 Å². The summed E-state index contributed by atoms with van der Waals surface area (Å²) in [4.78, 5) is 11.7. The summed E-state index contributed by atoms with van der Waals surface area (Å²) >= 11 is 0. The van der Waals surface area contributed by atoms with Gasteiger partial charge in [0.1, 0.15) is 24.4 Å². The Morgan fingerprint density at radius 3 is 2.57 bits per heavy atom. The van der Waals surface area contributed by atoms with E-state index in [-0.39, 0.29) is 12.2 Å². The minimum atomic E-state index is -1.26. The van der Waals surface area contributed by atoms with Gasteiger partial charge in [-0.15, -0.1) is 0 Å². The molecule has 5 atom stereocenters. The maximum Gasteiger partial charge on any atom is 0.336 e. The first-order valence-electron chi connectivity index (χ1n) is 6.88. The smallest absolute Gasteiger partial charge is 0.336 e. The Bertz CT molecular complexity index is 420. The average molecular weight is 302 g/mol. The number of rotatable bonds is 5. The second-order valence-corrected chi connectivity index (χ2v) is 5.46. The minimum absolute atomic E-state index is 0.0781. The molecule has 0 amide bonds. The minimum Gasteiger partial charge on any atom is -0.463 e. The van der Waals surface area contributed by atoms with E-state index in [2.05, 4.69) is 6.58 Å². The van der Waals surface area contributed by atoms with Gasteiger partial charge in [0.2, 0.25) is 0 Å². The van der Waals surface area contributed by atoms with Crippen molar-refractivity contribution < 1.29 is 33.6 Å². The maximum absolute atomic E-state index is 11.7. The van der Waals surface area contributed by atoms with Crippen molar-refractivity contribution in [3.8, 4) is 0 Å². The van der Waals surface area contributed by atoms with E-state index < -0.39 is 42.5 Å². The standard InChI is InChI=1S/C14H22O7/c1-6-18-12(16)7(2)8(15)9-10-11(13(17-5)19-9)21-14(3,4)20-10/h8-11,13,15H,2,6H2,1,3-5H3/t8-,9-,10-,11-,13-/m1/s1. The second-order valence-electron chi connectivity index (χ2n) is 5.46. The molecule has 0 radical (unpaired) electrons. The molecule has 0 aromatic carbocycles. The van der Waals surface area contributed by atoms with E-state index in [0.29, 0.717) is 0 Å². The number of esters is 1. The van der Waals surface area contributed by atoms with Gasteiger partial charge in [-0.25, -0.2) is 4.79 Å². The van der Waals surface area contributed by atoms with Gasteiger partial charge >= 0.3 is 5.97 Å². The number of carbonyl (C=O) groups excluding carboxylic acids is 1. The van der Waals surface area contributed by atoms with Crippen LogP contribution in [-0.4, -0.2) is 61.3 Å². The molecular formula is C14H22O7. The first-order chi connectivity index (χ1) is 9.80. The fourth-order valence-corrected chi connectivity index (χ4v) is 2.58. The highest BCUT2D eigenvalue weighted by Gasteiger charge is 2.58. The summed E-state index contributed by atoms with van der Waals surface area (Å²) in [5.41, 5.74) is -0.0781. The zero-order chi connectivity index (χ0) is 15.8. The summed E-state index contributed by atoms with van der Waals surface area (Å²) in [6.45, 7) is 8.99. The van der Waals surface area contributed by atoms with Crippen LogP contribution in [-0.2, 0) is 28.5 Å². The van der Waals surface area contributed by atoms with Crippen LogP contribution in [0.5, 0.6) is 0 Å². The Labute approximate surface area is 123 Å². The largest absolute Gasteiger partial charge is 0.463 e. The lowest BCUT2D eigenvalue weighted by molar-refractivity contribution is -0.234. The lowest BCUT2D eigenvalue weighted by Gasteiger charge is -2.26. The van der Waals surface area contributed by atoms with Gasteiger partial charge in [0.05, 0.1) is 12.2 Å². The number of ether oxygens (including phenoxy) is 5. The molecule has 21 heavy (non-hydrogen) atoms. The highest BCUT2D eigenvalue weighted by atomic mass is 16.8. The van der Waals surface area contributed by atoms with Crippen LogP contribution in [0.2, 0.25) is 0 Å². The SMILES string of the molecule is C=C(C(=O)OCC)[C@@H](O)[C@H]1O[C@@H](OC)[C@@H]2OC(C)(C)O[C@@H]21. The van der Waals surface area contributed by atoms with Crippen LogP contribution in [0.25, 0.3) is 0 Å². The van der Waals surface area contributed by atoms with E-state index in [9.17, 15) is 9.90 Å². The Morgan fingerprint density at radius 2 is 2.00 bits per heavy atom. The number of carbonyl (C=O) groups is 1. The molecule has 2 aliphatic rings. The maximum atomic E-state index is 11.7. The van der Waals surface area contributed by atoms with E-state index in [4.69, 9.17) is 23.7 Å². The average Bonchev–Trinajstić information content (AvgIpc) is 2.90. The Balaban J connectivity index is 2.12. The molecule has 2 saturated heterocycles. The van der Waals surface area contributed by atoms with Crippen molar-refractivity contribution in [1.82, 2.24) is 0 Å². The molecule has 0 bridgehead atoms. The predicted octanol–water partition coefficient (Wildman–Crippen LogP) is 0.358. The van der Waals surface area contributed by atoms with Crippen molar-refractivity contribution in [3.05, 3.63) is 12.2 Å². The molecule has 1 N–H and O–H groups in total. The molecule has 0 saturated carbocycles.